The van der Waals surface area contributed by atoms with E-state index in [-0.39, 0.29) is 11.9 Å². The van der Waals surface area contributed by atoms with Gasteiger partial charge in [0.25, 0.3) is 5.91 Å². The molecule has 4 heteroatoms. The van der Waals surface area contributed by atoms with Crippen molar-refractivity contribution < 1.29 is 4.79 Å². The summed E-state index contributed by atoms with van der Waals surface area (Å²) >= 11 is 0. The van der Waals surface area contributed by atoms with Crippen LogP contribution in [-0.2, 0) is 0 Å². The fourth-order valence-corrected chi connectivity index (χ4v) is 2.89. The Kier molecular flexibility index (Phi) is 3.86. The van der Waals surface area contributed by atoms with Crippen molar-refractivity contribution in [3.05, 3.63) is 59.8 Å². The number of rotatable bonds is 3. The molecule has 0 radical (unpaired) electrons. The van der Waals surface area contributed by atoms with E-state index in [1.165, 1.54) is 0 Å². The summed E-state index contributed by atoms with van der Waals surface area (Å²) < 4.78 is 0. The highest BCUT2D eigenvalue weighted by Crippen LogP contribution is 2.33. The van der Waals surface area contributed by atoms with Crippen LogP contribution in [0, 0.1) is 0 Å². The number of hydrogen-bond donors (Lipinski definition) is 1. The predicted octanol–water partition coefficient (Wildman–Crippen LogP) is 3.10. The van der Waals surface area contributed by atoms with Gasteiger partial charge in [-0.25, -0.2) is 4.98 Å². The van der Waals surface area contributed by atoms with Crippen molar-refractivity contribution in [3.8, 4) is 0 Å². The van der Waals surface area contributed by atoms with Gasteiger partial charge >= 0.3 is 0 Å². The number of nitrogens with one attached hydrogen (secondary N) is 1. The molecule has 1 atom stereocenters. The van der Waals surface area contributed by atoms with Crippen molar-refractivity contribution in [2.24, 2.45) is 0 Å². The Morgan fingerprint density at radius 2 is 2.10 bits per heavy atom. The third kappa shape index (κ3) is 2.75. The summed E-state index contributed by atoms with van der Waals surface area (Å²) in [6.45, 7) is 0.815. The highest BCUT2D eigenvalue weighted by atomic mass is 16.2. The lowest BCUT2D eigenvalue weighted by Crippen LogP contribution is -2.30. The Labute approximate surface area is 124 Å². The van der Waals surface area contributed by atoms with Crippen LogP contribution in [0.3, 0.4) is 0 Å². The van der Waals surface area contributed by atoms with Crippen molar-refractivity contribution in [2.75, 3.05) is 18.9 Å². The maximum atomic E-state index is 12.7. The van der Waals surface area contributed by atoms with Gasteiger partial charge in [0.05, 0.1) is 6.04 Å². The number of carbonyl (C=O) groups is 1. The molecule has 3 rings (SSSR count). The van der Waals surface area contributed by atoms with Gasteiger partial charge in [0, 0.05) is 25.4 Å². The van der Waals surface area contributed by atoms with Gasteiger partial charge in [-0.15, -0.1) is 0 Å². The van der Waals surface area contributed by atoms with Crippen LogP contribution in [0.15, 0.2) is 48.7 Å². The molecule has 2 heterocycles. The Morgan fingerprint density at radius 3 is 2.86 bits per heavy atom. The standard InChI is InChI=1S/C17H19N3O/c1-18-16-12-14(9-10-19-16)15-8-5-11-20(15)17(21)13-6-3-2-4-7-13/h2-4,6-7,9-10,12,15H,5,8,11H2,1H3,(H,18,19)/t15-/m1/s1. The number of hydrogen-bond acceptors (Lipinski definition) is 3. The van der Waals surface area contributed by atoms with E-state index in [0.717, 1.165) is 36.3 Å². The van der Waals surface area contributed by atoms with Crippen LogP contribution in [0.25, 0.3) is 0 Å². The molecule has 0 saturated carbocycles. The SMILES string of the molecule is CNc1cc([C@H]2CCCN2C(=O)c2ccccc2)ccn1. The molecule has 1 N–H and O–H groups in total. The highest BCUT2D eigenvalue weighted by molar-refractivity contribution is 5.94. The number of benzene rings is 1. The summed E-state index contributed by atoms with van der Waals surface area (Å²) in [7, 11) is 1.85. The van der Waals surface area contributed by atoms with E-state index < -0.39 is 0 Å². The Hall–Kier alpha value is -2.36. The minimum Gasteiger partial charge on any atom is -0.373 e. The molecule has 1 aliphatic heterocycles. The Morgan fingerprint density at radius 1 is 1.29 bits per heavy atom. The van der Waals surface area contributed by atoms with Crippen LogP contribution in [-0.4, -0.2) is 29.4 Å². The van der Waals surface area contributed by atoms with E-state index in [0.29, 0.717) is 0 Å². The first kappa shape index (κ1) is 13.6. The molecule has 1 aromatic heterocycles. The zero-order valence-corrected chi connectivity index (χ0v) is 12.1. The molecular formula is C17H19N3O. The van der Waals surface area contributed by atoms with Gasteiger partial charge in [-0.2, -0.15) is 0 Å². The van der Waals surface area contributed by atoms with Gasteiger partial charge in [-0.05, 0) is 42.7 Å². The smallest absolute Gasteiger partial charge is 0.254 e. The van der Waals surface area contributed by atoms with Crippen molar-refractivity contribution in [1.29, 1.82) is 0 Å². The maximum Gasteiger partial charge on any atom is 0.254 e. The molecule has 0 aliphatic carbocycles. The highest BCUT2D eigenvalue weighted by Gasteiger charge is 2.30. The number of nitrogens with zero attached hydrogens (tertiary/aromatic N) is 2. The fourth-order valence-electron chi connectivity index (χ4n) is 2.89. The molecule has 21 heavy (non-hydrogen) atoms. The van der Waals surface area contributed by atoms with E-state index >= 15 is 0 Å². The molecule has 0 unspecified atom stereocenters. The Balaban J connectivity index is 1.87. The van der Waals surface area contributed by atoms with Crippen molar-refractivity contribution in [1.82, 2.24) is 9.88 Å². The number of anilines is 1. The summed E-state index contributed by atoms with van der Waals surface area (Å²) in [5.41, 5.74) is 1.91. The molecule has 2 aromatic rings. The second-order valence-corrected chi connectivity index (χ2v) is 5.25. The van der Waals surface area contributed by atoms with Gasteiger partial charge in [0.15, 0.2) is 0 Å². The third-order valence-electron chi connectivity index (χ3n) is 3.96. The maximum absolute atomic E-state index is 12.7. The second kappa shape index (κ2) is 5.95. The lowest BCUT2D eigenvalue weighted by Gasteiger charge is -2.25. The first-order valence-electron chi connectivity index (χ1n) is 7.29. The molecule has 1 aliphatic rings. The third-order valence-corrected chi connectivity index (χ3v) is 3.96. The summed E-state index contributed by atoms with van der Waals surface area (Å²) in [6, 6.07) is 13.7. The van der Waals surface area contributed by atoms with Gasteiger partial charge < -0.3 is 10.2 Å². The van der Waals surface area contributed by atoms with Gasteiger partial charge in [-0.1, -0.05) is 18.2 Å². The first-order valence-corrected chi connectivity index (χ1v) is 7.29. The molecule has 1 saturated heterocycles. The summed E-state index contributed by atoms with van der Waals surface area (Å²) in [6.07, 6.45) is 3.84. The molecule has 1 amide bonds. The van der Waals surface area contributed by atoms with Crippen LogP contribution in [0.1, 0.15) is 34.8 Å². The summed E-state index contributed by atoms with van der Waals surface area (Å²) in [5.74, 6) is 0.951. The van der Waals surface area contributed by atoms with Crippen molar-refractivity contribution in [3.63, 3.8) is 0 Å². The van der Waals surface area contributed by atoms with E-state index in [9.17, 15) is 4.79 Å². The average Bonchev–Trinajstić information content (AvgIpc) is 3.04. The lowest BCUT2D eigenvalue weighted by atomic mass is 10.0. The largest absolute Gasteiger partial charge is 0.373 e. The predicted molar refractivity (Wildman–Crippen MR) is 83.2 cm³/mol. The monoisotopic (exact) mass is 281 g/mol. The van der Waals surface area contributed by atoms with Crippen molar-refractivity contribution in [2.45, 2.75) is 18.9 Å². The van der Waals surface area contributed by atoms with Gasteiger partial charge in [-0.3, -0.25) is 4.79 Å². The zero-order valence-electron chi connectivity index (χ0n) is 12.1. The molecule has 0 spiro atoms. The molecule has 0 bridgehead atoms. The molecule has 1 aromatic carbocycles. The quantitative estimate of drug-likeness (QED) is 0.940. The number of amides is 1. The minimum atomic E-state index is 0.112. The fraction of sp³-hybridized carbons (Fsp3) is 0.294. The number of carbonyl (C=O) groups excluding carboxylic acids is 1. The van der Waals surface area contributed by atoms with Crippen LogP contribution in [0.5, 0.6) is 0 Å². The zero-order chi connectivity index (χ0) is 14.7. The molecular weight excluding hydrogens is 262 g/mol. The molecule has 108 valence electrons. The second-order valence-electron chi connectivity index (χ2n) is 5.25. The van der Waals surface area contributed by atoms with Gasteiger partial charge in [0.1, 0.15) is 5.82 Å². The van der Waals surface area contributed by atoms with E-state index in [1.54, 1.807) is 6.20 Å². The summed E-state index contributed by atoms with van der Waals surface area (Å²) in [5, 5.41) is 3.05. The van der Waals surface area contributed by atoms with Crippen LogP contribution in [0.4, 0.5) is 5.82 Å². The minimum absolute atomic E-state index is 0.112. The average molecular weight is 281 g/mol. The van der Waals surface area contributed by atoms with E-state index in [2.05, 4.69) is 10.3 Å². The normalized spacial score (nSPS) is 17.8. The van der Waals surface area contributed by atoms with E-state index in [4.69, 9.17) is 0 Å². The first-order chi connectivity index (χ1) is 10.3. The number of likely N-dealkylation sites (tertiary alicyclic amines) is 1. The van der Waals surface area contributed by atoms with Gasteiger partial charge in [0.2, 0.25) is 0 Å². The van der Waals surface area contributed by atoms with Crippen LogP contribution >= 0.6 is 0 Å². The lowest BCUT2D eigenvalue weighted by molar-refractivity contribution is 0.0735. The van der Waals surface area contributed by atoms with Crippen molar-refractivity contribution >= 4 is 11.7 Å². The number of aromatic nitrogens is 1. The topological polar surface area (TPSA) is 45.2 Å². The van der Waals surface area contributed by atoms with Crippen LogP contribution in [0.2, 0.25) is 0 Å². The number of pyridine rings is 1. The molecule has 4 nitrogen and oxygen atoms in total. The summed E-state index contributed by atoms with van der Waals surface area (Å²) in [4.78, 5) is 18.9. The molecule has 1 fully saturated rings. The Bertz CT molecular complexity index is 627. The van der Waals surface area contributed by atoms with Crippen LogP contribution < -0.4 is 5.32 Å². The van der Waals surface area contributed by atoms with E-state index in [1.807, 2.05) is 54.4 Å².